The number of terminal acetylenes is 1. The number of nitrogens with zero attached hydrogens (tertiary/aromatic N) is 3. The van der Waals surface area contributed by atoms with Crippen LogP contribution in [0.2, 0.25) is 0 Å². The van der Waals surface area contributed by atoms with E-state index in [-0.39, 0.29) is 13.0 Å². The van der Waals surface area contributed by atoms with Gasteiger partial charge in [0.15, 0.2) is 0 Å². The van der Waals surface area contributed by atoms with E-state index < -0.39 is 24.7 Å². The molecular weight excluding hydrogens is 258 g/mol. The summed E-state index contributed by atoms with van der Waals surface area (Å²) in [6.07, 6.45) is 6.26. The highest BCUT2D eigenvalue weighted by Crippen LogP contribution is 2.24. The second kappa shape index (κ2) is 4.51. The summed E-state index contributed by atoms with van der Waals surface area (Å²) in [4.78, 5) is 8.98. The van der Waals surface area contributed by atoms with Gasteiger partial charge in [-0.3, -0.25) is 0 Å². The van der Waals surface area contributed by atoms with Gasteiger partial charge in [0.1, 0.15) is 0 Å². The van der Waals surface area contributed by atoms with Gasteiger partial charge in [0.05, 0.1) is 17.8 Å². The molecule has 0 fully saturated rings. The standard InChI is InChI=1S/C7H6ClN3O4S/c1-2-3-4-10-5-6(16(8,14)15)7(9-10)11(12)13/h1,5H,3-4H2. The van der Waals surface area contributed by atoms with Crippen molar-refractivity contribution in [2.45, 2.75) is 17.9 Å². The van der Waals surface area contributed by atoms with Gasteiger partial charge in [0.25, 0.3) is 9.05 Å². The first kappa shape index (κ1) is 12.5. The predicted molar refractivity (Wildman–Crippen MR) is 55.4 cm³/mol. The number of aryl methyl sites for hydroxylation is 1. The molecule has 0 radical (unpaired) electrons. The molecule has 86 valence electrons. The number of nitro groups is 1. The Kier molecular flexibility index (Phi) is 3.51. The number of halogens is 1. The van der Waals surface area contributed by atoms with Gasteiger partial charge in [-0.15, -0.1) is 12.3 Å². The van der Waals surface area contributed by atoms with Crippen molar-refractivity contribution in [2.75, 3.05) is 0 Å². The minimum atomic E-state index is -4.19. The van der Waals surface area contributed by atoms with Crippen molar-refractivity contribution < 1.29 is 13.3 Å². The Hall–Kier alpha value is -1.59. The van der Waals surface area contributed by atoms with Gasteiger partial charge >= 0.3 is 5.82 Å². The van der Waals surface area contributed by atoms with Crippen molar-refractivity contribution in [3.8, 4) is 12.3 Å². The predicted octanol–water partition coefficient (Wildman–Crippen LogP) is 0.742. The molecule has 0 atom stereocenters. The van der Waals surface area contributed by atoms with Crippen LogP contribution in [0.5, 0.6) is 0 Å². The lowest BCUT2D eigenvalue weighted by atomic mass is 10.4. The van der Waals surface area contributed by atoms with Gasteiger partial charge in [-0.05, 0) is 4.92 Å². The van der Waals surface area contributed by atoms with Gasteiger partial charge in [-0.1, -0.05) is 0 Å². The highest BCUT2D eigenvalue weighted by Gasteiger charge is 2.29. The van der Waals surface area contributed by atoms with E-state index in [0.717, 1.165) is 10.9 Å². The molecule has 0 aromatic carbocycles. The van der Waals surface area contributed by atoms with E-state index in [0.29, 0.717) is 0 Å². The first-order chi connectivity index (χ1) is 7.36. The van der Waals surface area contributed by atoms with Gasteiger partial charge in [0, 0.05) is 17.1 Å². The zero-order valence-electron chi connectivity index (χ0n) is 7.83. The van der Waals surface area contributed by atoms with E-state index >= 15 is 0 Å². The zero-order valence-corrected chi connectivity index (χ0v) is 9.40. The van der Waals surface area contributed by atoms with Crippen LogP contribution in [0.1, 0.15) is 6.42 Å². The molecule has 1 aromatic heterocycles. The summed E-state index contributed by atoms with van der Waals surface area (Å²) in [6, 6.07) is 0. The maximum Gasteiger partial charge on any atom is 0.410 e. The quantitative estimate of drug-likeness (QED) is 0.346. The van der Waals surface area contributed by atoms with Crippen molar-refractivity contribution in [1.29, 1.82) is 0 Å². The molecule has 0 aliphatic carbocycles. The van der Waals surface area contributed by atoms with Crippen molar-refractivity contribution in [3.05, 3.63) is 16.3 Å². The minimum absolute atomic E-state index is 0.184. The average Bonchev–Trinajstić information content (AvgIpc) is 2.58. The summed E-state index contributed by atoms with van der Waals surface area (Å²) < 4.78 is 23.1. The molecule has 0 amide bonds. The molecule has 1 aromatic rings. The monoisotopic (exact) mass is 263 g/mol. The summed E-state index contributed by atoms with van der Waals surface area (Å²) in [7, 11) is 0.842. The maximum absolute atomic E-state index is 11.0. The van der Waals surface area contributed by atoms with E-state index in [2.05, 4.69) is 11.0 Å². The Morgan fingerprint density at radius 2 is 2.31 bits per heavy atom. The number of aromatic nitrogens is 2. The highest BCUT2D eigenvalue weighted by atomic mass is 35.7. The van der Waals surface area contributed by atoms with Gasteiger partial charge in [-0.2, -0.15) is 4.68 Å². The van der Waals surface area contributed by atoms with E-state index in [1.54, 1.807) is 0 Å². The molecule has 9 heteroatoms. The third-order valence-corrected chi connectivity index (χ3v) is 2.94. The van der Waals surface area contributed by atoms with Crippen LogP contribution < -0.4 is 0 Å². The van der Waals surface area contributed by atoms with Gasteiger partial charge in [-0.25, -0.2) is 8.42 Å². The number of hydrogen-bond donors (Lipinski definition) is 0. The van der Waals surface area contributed by atoms with Crippen molar-refractivity contribution in [2.24, 2.45) is 0 Å². The Labute approximate surface area is 95.6 Å². The first-order valence-electron chi connectivity index (χ1n) is 3.96. The van der Waals surface area contributed by atoms with Crippen LogP contribution in [0, 0.1) is 22.5 Å². The average molecular weight is 264 g/mol. The fraction of sp³-hybridized carbons (Fsp3) is 0.286. The van der Waals surface area contributed by atoms with Crippen LogP contribution in [-0.2, 0) is 15.6 Å². The van der Waals surface area contributed by atoms with Crippen LogP contribution in [0.4, 0.5) is 5.82 Å². The summed E-state index contributed by atoms with van der Waals surface area (Å²) in [5, 5.41) is 14.0. The zero-order chi connectivity index (χ0) is 12.3. The highest BCUT2D eigenvalue weighted by molar-refractivity contribution is 8.13. The van der Waals surface area contributed by atoms with Crippen LogP contribution in [0.15, 0.2) is 11.1 Å². The molecule has 0 unspecified atom stereocenters. The normalized spacial score (nSPS) is 11.0. The summed E-state index contributed by atoms with van der Waals surface area (Å²) >= 11 is 0. The topological polar surface area (TPSA) is 95.1 Å². The molecule has 0 saturated carbocycles. The molecule has 0 N–H and O–H groups in total. The molecule has 0 aliphatic rings. The fourth-order valence-electron chi connectivity index (χ4n) is 0.985. The molecular formula is C7H6ClN3O4S. The molecule has 0 aliphatic heterocycles. The third kappa shape index (κ3) is 2.71. The minimum Gasteiger partial charge on any atom is -0.358 e. The van der Waals surface area contributed by atoms with E-state index in [1.165, 1.54) is 0 Å². The Morgan fingerprint density at radius 1 is 1.69 bits per heavy atom. The largest absolute Gasteiger partial charge is 0.410 e. The van der Waals surface area contributed by atoms with Gasteiger partial charge in [0.2, 0.25) is 4.90 Å². The van der Waals surface area contributed by atoms with Crippen molar-refractivity contribution >= 4 is 25.6 Å². The summed E-state index contributed by atoms with van der Waals surface area (Å²) in [5.74, 6) is 1.50. The van der Waals surface area contributed by atoms with Crippen LogP contribution in [0.3, 0.4) is 0 Å². The Bertz CT molecular complexity index is 557. The van der Waals surface area contributed by atoms with E-state index in [4.69, 9.17) is 17.1 Å². The first-order valence-corrected chi connectivity index (χ1v) is 6.27. The van der Waals surface area contributed by atoms with E-state index in [1.807, 2.05) is 0 Å². The molecule has 0 spiro atoms. The SMILES string of the molecule is C#CCCn1cc(S(=O)(=O)Cl)c([N+](=O)[O-])n1. The Balaban J connectivity index is 3.22. The molecule has 1 heterocycles. The second-order valence-corrected chi connectivity index (χ2v) is 5.26. The molecule has 1 rings (SSSR count). The lowest BCUT2D eigenvalue weighted by Gasteiger charge is -1.89. The lowest BCUT2D eigenvalue weighted by molar-refractivity contribution is -0.392. The maximum atomic E-state index is 11.0. The number of hydrogen-bond acceptors (Lipinski definition) is 5. The van der Waals surface area contributed by atoms with Crippen LogP contribution in [0.25, 0.3) is 0 Å². The molecule has 7 nitrogen and oxygen atoms in total. The summed E-state index contributed by atoms with van der Waals surface area (Å²) in [6.45, 7) is 0.184. The molecule has 16 heavy (non-hydrogen) atoms. The molecule has 0 saturated heterocycles. The molecule has 0 bridgehead atoms. The van der Waals surface area contributed by atoms with Gasteiger partial charge < -0.3 is 10.1 Å². The second-order valence-electron chi connectivity index (χ2n) is 2.73. The number of rotatable bonds is 4. The third-order valence-electron chi connectivity index (χ3n) is 1.63. The smallest absolute Gasteiger partial charge is 0.358 e. The lowest BCUT2D eigenvalue weighted by Crippen LogP contribution is -1.98. The van der Waals surface area contributed by atoms with Crippen LogP contribution in [-0.4, -0.2) is 23.1 Å². The van der Waals surface area contributed by atoms with Crippen molar-refractivity contribution in [3.63, 3.8) is 0 Å². The van der Waals surface area contributed by atoms with E-state index in [9.17, 15) is 18.5 Å². The fourth-order valence-corrected chi connectivity index (χ4v) is 1.89. The summed E-state index contributed by atoms with van der Waals surface area (Å²) in [5.41, 5.74) is 0. The van der Waals surface area contributed by atoms with Crippen molar-refractivity contribution in [1.82, 2.24) is 9.78 Å². The van der Waals surface area contributed by atoms with Crippen LogP contribution >= 0.6 is 10.7 Å². The Morgan fingerprint density at radius 3 is 2.69 bits per heavy atom.